The topological polar surface area (TPSA) is 37.3 Å². The molecule has 3 heteroatoms. The van der Waals surface area contributed by atoms with E-state index in [1.807, 2.05) is 48.5 Å². The molecule has 2 aromatic carbocycles. The zero-order valence-corrected chi connectivity index (χ0v) is 11.0. The summed E-state index contributed by atoms with van der Waals surface area (Å²) in [6.07, 6.45) is 1.46. The summed E-state index contributed by atoms with van der Waals surface area (Å²) in [7, 11) is 0. The summed E-state index contributed by atoms with van der Waals surface area (Å²) in [5, 5.41) is 10.0. The predicted octanol–water partition coefficient (Wildman–Crippen LogP) is 4.12. The van der Waals surface area contributed by atoms with Crippen molar-refractivity contribution in [2.24, 2.45) is 0 Å². The molecule has 1 fully saturated rings. The van der Waals surface area contributed by atoms with Gasteiger partial charge >= 0.3 is 5.97 Å². The smallest absolute Gasteiger partial charge is 0.314 e. The molecule has 2 nitrogen and oxygen atoms in total. The minimum Gasteiger partial charge on any atom is -0.481 e. The van der Waals surface area contributed by atoms with Crippen LogP contribution in [0, 0.1) is 0 Å². The van der Waals surface area contributed by atoms with Crippen molar-refractivity contribution in [1.29, 1.82) is 0 Å². The SMILES string of the molecule is O=C(O)C1(c2cccc(-c3ccc(Cl)cc3)c2)CC1. The Kier molecular flexibility index (Phi) is 2.83. The molecule has 0 heterocycles. The molecule has 19 heavy (non-hydrogen) atoms. The largest absolute Gasteiger partial charge is 0.481 e. The summed E-state index contributed by atoms with van der Waals surface area (Å²) < 4.78 is 0. The zero-order chi connectivity index (χ0) is 13.5. The first-order valence-corrected chi connectivity index (χ1v) is 6.59. The van der Waals surface area contributed by atoms with Gasteiger partial charge in [0.1, 0.15) is 0 Å². The summed E-state index contributed by atoms with van der Waals surface area (Å²) in [5.41, 5.74) is 2.32. The summed E-state index contributed by atoms with van der Waals surface area (Å²) in [6, 6.07) is 15.4. The van der Waals surface area contributed by atoms with E-state index in [9.17, 15) is 9.90 Å². The Morgan fingerprint density at radius 1 is 1.05 bits per heavy atom. The summed E-state index contributed by atoms with van der Waals surface area (Å²) in [6.45, 7) is 0. The van der Waals surface area contributed by atoms with Crippen LogP contribution in [0.5, 0.6) is 0 Å². The Morgan fingerprint density at radius 3 is 2.32 bits per heavy atom. The number of carboxylic acids is 1. The zero-order valence-electron chi connectivity index (χ0n) is 10.3. The van der Waals surface area contributed by atoms with Crippen LogP contribution >= 0.6 is 11.6 Å². The molecule has 0 atom stereocenters. The molecule has 1 aliphatic carbocycles. The molecule has 1 saturated carbocycles. The first-order chi connectivity index (χ1) is 9.12. The second-order valence-corrected chi connectivity index (χ2v) is 5.41. The molecule has 1 aliphatic rings. The fourth-order valence-corrected chi connectivity index (χ4v) is 2.52. The van der Waals surface area contributed by atoms with Gasteiger partial charge in [-0.2, -0.15) is 0 Å². The lowest BCUT2D eigenvalue weighted by Gasteiger charge is -2.12. The van der Waals surface area contributed by atoms with E-state index in [1.54, 1.807) is 0 Å². The number of halogens is 1. The summed E-state index contributed by atoms with van der Waals surface area (Å²) in [5.74, 6) is -0.722. The third kappa shape index (κ3) is 2.13. The van der Waals surface area contributed by atoms with E-state index in [-0.39, 0.29) is 0 Å². The van der Waals surface area contributed by atoms with Crippen molar-refractivity contribution in [2.75, 3.05) is 0 Å². The van der Waals surface area contributed by atoms with Crippen LogP contribution in [0.3, 0.4) is 0 Å². The van der Waals surface area contributed by atoms with E-state index >= 15 is 0 Å². The molecule has 2 aromatic rings. The van der Waals surface area contributed by atoms with Crippen LogP contribution in [0.1, 0.15) is 18.4 Å². The first kappa shape index (κ1) is 12.2. The van der Waals surface area contributed by atoms with Crippen molar-refractivity contribution < 1.29 is 9.90 Å². The maximum absolute atomic E-state index is 11.4. The minimum absolute atomic E-state index is 0.650. The highest BCUT2D eigenvalue weighted by Crippen LogP contribution is 2.49. The van der Waals surface area contributed by atoms with Crippen LogP contribution in [-0.2, 0) is 10.2 Å². The number of hydrogen-bond donors (Lipinski definition) is 1. The highest BCUT2D eigenvalue weighted by atomic mass is 35.5. The van der Waals surface area contributed by atoms with Gasteiger partial charge in [-0.3, -0.25) is 4.79 Å². The second kappa shape index (κ2) is 4.39. The van der Waals surface area contributed by atoms with Crippen LogP contribution in [-0.4, -0.2) is 11.1 Å². The molecule has 0 radical (unpaired) electrons. The Balaban J connectivity index is 2.01. The summed E-state index contributed by atoms with van der Waals surface area (Å²) >= 11 is 5.88. The molecular formula is C16H13ClO2. The lowest BCUT2D eigenvalue weighted by molar-refractivity contribution is -0.140. The molecule has 0 spiro atoms. The van der Waals surface area contributed by atoms with Crippen molar-refractivity contribution in [1.82, 2.24) is 0 Å². The maximum Gasteiger partial charge on any atom is 0.314 e. The summed E-state index contributed by atoms with van der Waals surface area (Å²) in [4.78, 5) is 11.4. The highest BCUT2D eigenvalue weighted by Gasteiger charge is 2.51. The van der Waals surface area contributed by atoms with E-state index in [1.165, 1.54) is 0 Å². The first-order valence-electron chi connectivity index (χ1n) is 6.22. The number of aliphatic carboxylic acids is 1. The van der Waals surface area contributed by atoms with Crippen LogP contribution in [0.2, 0.25) is 5.02 Å². The quantitative estimate of drug-likeness (QED) is 0.912. The maximum atomic E-state index is 11.4. The van der Waals surface area contributed by atoms with Gasteiger partial charge < -0.3 is 5.11 Å². The van der Waals surface area contributed by atoms with Gasteiger partial charge in [0, 0.05) is 5.02 Å². The molecule has 0 bridgehead atoms. The lowest BCUT2D eigenvalue weighted by Crippen LogP contribution is -2.19. The fourth-order valence-electron chi connectivity index (χ4n) is 2.39. The van der Waals surface area contributed by atoms with Gasteiger partial charge in [-0.1, -0.05) is 48.0 Å². The molecule has 0 amide bonds. The van der Waals surface area contributed by atoms with Gasteiger partial charge in [-0.05, 0) is 41.7 Å². The van der Waals surface area contributed by atoms with Crippen molar-refractivity contribution in [3.63, 3.8) is 0 Å². The minimum atomic E-state index is -0.722. The number of carbonyl (C=O) groups is 1. The van der Waals surface area contributed by atoms with E-state index in [4.69, 9.17) is 11.6 Å². The van der Waals surface area contributed by atoms with Crippen LogP contribution in [0.25, 0.3) is 11.1 Å². The molecule has 0 unspecified atom stereocenters. The number of hydrogen-bond acceptors (Lipinski definition) is 1. The van der Waals surface area contributed by atoms with E-state index in [0.717, 1.165) is 29.5 Å². The molecule has 96 valence electrons. The third-order valence-electron chi connectivity index (χ3n) is 3.75. The van der Waals surface area contributed by atoms with Gasteiger partial charge in [0.2, 0.25) is 0 Å². The lowest BCUT2D eigenvalue weighted by atomic mass is 9.93. The fraction of sp³-hybridized carbons (Fsp3) is 0.188. The Morgan fingerprint density at radius 2 is 1.74 bits per heavy atom. The number of carboxylic acid groups (broad SMARTS) is 1. The Hall–Kier alpha value is -1.80. The second-order valence-electron chi connectivity index (χ2n) is 4.97. The van der Waals surface area contributed by atoms with Crippen molar-refractivity contribution in [2.45, 2.75) is 18.3 Å². The van der Waals surface area contributed by atoms with Crippen LogP contribution < -0.4 is 0 Å². The van der Waals surface area contributed by atoms with Gasteiger partial charge in [0.05, 0.1) is 5.41 Å². The van der Waals surface area contributed by atoms with Crippen LogP contribution in [0.15, 0.2) is 48.5 Å². The van der Waals surface area contributed by atoms with Crippen molar-refractivity contribution in [3.8, 4) is 11.1 Å². The van der Waals surface area contributed by atoms with Gasteiger partial charge in [-0.15, -0.1) is 0 Å². The van der Waals surface area contributed by atoms with Gasteiger partial charge in [-0.25, -0.2) is 0 Å². The third-order valence-corrected chi connectivity index (χ3v) is 4.00. The van der Waals surface area contributed by atoms with E-state index in [0.29, 0.717) is 5.02 Å². The molecular weight excluding hydrogens is 260 g/mol. The number of benzene rings is 2. The standard InChI is InChI=1S/C16H13ClO2/c17-14-6-4-11(5-7-14)12-2-1-3-13(10-12)16(8-9-16)15(18)19/h1-7,10H,8-9H2,(H,18,19). The molecule has 0 aromatic heterocycles. The van der Waals surface area contributed by atoms with Gasteiger partial charge in [0.15, 0.2) is 0 Å². The van der Waals surface area contributed by atoms with Gasteiger partial charge in [0.25, 0.3) is 0 Å². The number of rotatable bonds is 3. The van der Waals surface area contributed by atoms with Crippen molar-refractivity contribution in [3.05, 3.63) is 59.1 Å². The molecule has 0 saturated heterocycles. The van der Waals surface area contributed by atoms with Crippen molar-refractivity contribution >= 4 is 17.6 Å². The molecule has 3 rings (SSSR count). The molecule has 1 N–H and O–H groups in total. The van der Waals surface area contributed by atoms with Crippen LogP contribution in [0.4, 0.5) is 0 Å². The predicted molar refractivity (Wildman–Crippen MR) is 75.4 cm³/mol. The Labute approximate surface area is 116 Å². The average Bonchev–Trinajstić information content (AvgIpc) is 3.21. The average molecular weight is 273 g/mol. The highest BCUT2D eigenvalue weighted by molar-refractivity contribution is 6.30. The molecule has 0 aliphatic heterocycles. The normalized spacial score (nSPS) is 16.1. The monoisotopic (exact) mass is 272 g/mol. The van der Waals surface area contributed by atoms with E-state index in [2.05, 4.69) is 0 Å². The van der Waals surface area contributed by atoms with E-state index < -0.39 is 11.4 Å². The Bertz CT molecular complexity index is 627.